The summed E-state index contributed by atoms with van der Waals surface area (Å²) in [5.41, 5.74) is 0.629. The van der Waals surface area contributed by atoms with Crippen molar-refractivity contribution in [3.05, 3.63) is 34.9 Å². The lowest BCUT2D eigenvalue weighted by molar-refractivity contribution is -0.128. The number of carbonyl (C=O) groups excluding carboxylic acids is 2. The van der Waals surface area contributed by atoms with Gasteiger partial charge in [-0.2, -0.15) is 0 Å². The van der Waals surface area contributed by atoms with Crippen molar-refractivity contribution in [2.75, 3.05) is 13.1 Å². The molecule has 0 bridgehead atoms. The van der Waals surface area contributed by atoms with Crippen LogP contribution in [0.2, 0.25) is 5.02 Å². The molecule has 2 aliphatic rings. The molecule has 0 radical (unpaired) electrons. The molecule has 1 aromatic carbocycles. The average molecular weight is 321 g/mol. The van der Waals surface area contributed by atoms with Gasteiger partial charge < -0.3 is 10.2 Å². The number of benzene rings is 1. The van der Waals surface area contributed by atoms with Crippen molar-refractivity contribution >= 4 is 23.4 Å². The molecule has 0 unspecified atom stereocenters. The molecule has 1 saturated carbocycles. The highest BCUT2D eigenvalue weighted by Gasteiger charge is 2.29. The Balaban J connectivity index is 1.50. The zero-order chi connectivity index (χ0) is 15.5. The fraction of sp³-hybridized carbons (Fsp3) is 0.529. The van der Waals surface area contributed by atoms with Gasteiger partial charge >= 0.3 is 0 Å². The van der Waals surface area contributed by atoms with Crippen LogP contribution in [-0.2, 0) is 4.79 Å². The second-order valence-electron chi connectivity index (χ2n) is 6.21. The molecular weight excluding hydrogens is 300 g/mol. The van der Waals surface area contributed by atoms with E-state index in [1.807, 2.05) is 4.90 Å². The lowest BCUT2D eigenvalue weighted by atomic mass is 9.84. The number of halogens is 1. The van der Waals surface area contributed by atoms with Gasteiger partial charge in [-0.3, -0.25) is 9.59 Å². The first kappa shape index (κ1) is 15.3. The van der Waals surface area contributed by atoms with Gasteiger partial charge in [-0.05, 0) is 43.9 Å². The van der Waals surface area contributed by atoms with E-state index in [9.17, 15) is 9.59 Å². The highest BCUT2D eigenvalue weighted by atomic mass is 35.5. The normalized spacial score (nSPS) is 19.6. The van der Waals surface area contributed by atoms with Gasteiger partial charge in [-0.25, -0.2) is 0 Å². The van der Waals surface area contributed by atoms with Crippen LogP contribution in [0.1, 0.15) is 42.5 Å². The molecule has 4 nitrogen and oxygen atoms in total. The van der Waals surface area contributed by atoms with E-state index in [4.69, 9.17) is 11.6 Å². The number of amides is 2. The Labute approximate surface area is 135 Å². The Morgan fingerprint density at radius 2 is 1.86 bits per heavy atom. The van der Waals surface area contributed by atoms with Crippen molar-refractivity contribution in [2.45, 2.75) is 38.1 Å². The third kappa shape index (κ3) is 3.43. The second-order valence-corrected chi connectivity index (χ2v) is 6.65. The molecule has 1 N–H and O–H groups in total. The standard InChI is InChI=1S/C17H21ClN2O2/c18-14-6-2-5-13(11-14)17(22)20-9-7-15(8-10-20)19-16(21)12-3-1-4-12/h2,5-6,11-12,15H,1,3-4,7-10H2,(H,19,21). The number of nitrogens with one attached hydrogen (secondary N) is 1. The molecule has 0 aromatic heterocycles. The van der Waals surface area contributed by atoms with Gasteiger partial charge in [-0.15, -0.1) is 0 Å². The molecule has 2 fully saturated rings. The maximum atomic E-state index is 12.4. The minimum Gasteiger partial charge on any atom is -0.353 e. The lowest BCUT2D eigenvalue weighted by Crippen LogP contribution is -2.48. The quantitative estimate of drug-likeness (QED) is 0.931. The average Bonchev–Trinajstić information content (AvgIpc) is 2.45. The van der Waals surface area contributed by atoms with Crippen LogP contribution in [0.3, 0.4) is 0 Å². The highest BCUT2D eigenvalue weighted by Crippen LogP contribution is 2.27. The molecule has 0 atom stereocenters. The highest BCUT2D eigenvalue weighted by molar-refractivity contribution is 6.30. The molecule has 1 saturated heterocycles. The maximum absolute atomic E-state index is 12.4. The number of rotatable bonds is 3. The number of hydrogen-bond donors (Lipinski definition) is 1. The summed E-state index contributed by atoms with van der Waals surface area (Å²) in [6.45, 7) is 1.36. The molecule has 22 heavy (non-hydrogen) atoms. The Morgan fingerprint density at radius 1 is 1.14 bits per heavy atom. The van der Waals surface area contributed by atoms with E-state index in [1.54, 1.807) is 24.3 Å². The van der Waals surface area contributed by atoms with Crippen molar-refractivity contribution in [3.8, 4) is 0 Å². The van der Waals surface area contributed by atoms with Crippen LogP contribution in [0.4, 0.5) is 0 Å². The smallest absolute Gasteiger partial charge is 0.253 e. The molecule has 3 rings (SSSR count). The zero-order valence-corrected chi connectivity index (χ0v) is 13.3. The number of hydrogen-bond acceptors (Lipinski definition) is 2. The summed E-state index contributed by atoms with van der Waals surface area (Å²) < 4.78 is 0. The van der Waals surface area contributed by atoms with E-state index in [0.29, 0.717) is 23.7 Å². The van der Waals surface area contributed by atoms with E-state index in [2.05, 4.69) is 5.32 Å². The van der Waals surface area contributed by atoms with Crippen molar-refractivity contribution in [2.24, 2.45) is 5.92 Å². The van der Waals surface area contributed by atoms with Crippen LogP contribution in [0.15, 0.2) is 24.3 Å². The van der Waals surface area contributed by atoms with Crippen molar-refractivity contribution in [1.82, 2.24) is 10.2 Å². The van der Waals surface area contributed by atoms with Gasteiger partial charge in [0.1, 0.15) is 0 Å². The van der Waals surface area contributed by atoms with E-state index in [-0.39, 0.29) is 23.8 Å². The Kier molecular flexibility index (Phi) is 4.67. The van der Waals surface area contributed by atoms with Crippen molar-refractivity contribution in [1.29, 1.82) is 0 Å². The first-order valence-corrected chi connectivity index (χ1v) is 8.36. The molecule has 5 heteroatoms. The summed E-state index contributed by atoms with van der Waals surface area (Å²) in [6, 6.07) is 7.26. The summed E-state index contributed by atoms with van der Waals surface area (Å²) in [6.07, 6.45) is 4.87. The predicted octanol–water partition coefficient (Wildman–Crippen LogP) is 2.86. The van der Waals surface area contributed by atoms with Gasteiger partial charge in [0.2, 0.25) is 5.91 Å². The first-order valence-electron chi connectivity index (χ1n) is 7.99. The molecule has 2 amide bonds. The minimum atomic E-state index is 0.0197. The van der Waals surface area contributed by atoms with Gasteiger partial charge in [-0.1, -0.05) is 24.1 Å². The number of piperidine rings is 1. The zero-order valence-electron chi connectivity index (χ0n) is 12.6. The molecular formula is C17H21ClN2O2. The third-order valence-electron chi connectivity index (χ3n) is 4.68. The number of nitrogens with zero attached hydrogens (tertiary/aromatic N) is 1. The van der Waals surface area contributed by atoms with Gasteiger partial charge in [0.05, 0.1) is 0 Å². The van der Waals surface area contributed by atoms with E-state index in [1.165, 1.54) is 6.42 Å². The fourth-order valence-electron chi connectivity index (χ4n) is 3.02. The molecule has 0 spiro atoms. The molecule has 1 aliphatic carbocycles. The van der Waals surface area contributed by atoms with Crippen LogP contribution >= 0.6 is 11.6 Å². The molecule has 1 aliphatic heterocycles. The third-order valence-corrected chi connectivity index (χ3v) is 4.91. The maximum Gasteiger partial charge on any atom is 0.253 e. The molecule has 1 heterocycles. The predicted molar refractivity (Wildman–Crippen MR) is 85.9 cm³/mol. The topological polar surface area (TPSA) is 49.4 Å². The summed E-state index contributed by atoms with van der Waals surface area (Å²) in [5, 5.41) is 3.71. The number of carbonyl (C=O) groups is 2. The SMILES string of the molecule is O=C(NC1CCN(C(=O)c2cccc(Cl)c2)CC1)C1CCC1. The summed E-state index contributed by atoms with van der Waals surface area (Å²) >= 11 is 5.94. The summed E-state index contributed by atoms with van der Waals surface area (Å²) in [5.74, 6) is 0.447. The Morgan fingerprint density at radius 3 is 2.45 bits per heavy atom. The van der Waals surface area contributed by atoms with E-state index < -0.39 is 0 Å². The Hall–Kier alpha value is -1.55. The molecule has 1 aromatic rings. The van der Waals surface area contributed by atoms with Crippen LogP contribution < -0.4 is 5.32 Å². The minimum absolute atomic E-state index is 0.0197. The summed E-state index contributed by atoms with van der Waals surface area (Å²) in [4.78, 5) is 26.2. The van der Waals surface area contributed by atoms with Gasteiger partial charge in [0, 0.05) is 35.6 Å². The summed E-state index contributed by atoms with van der Waals surface area (Å²) in [7, 11) is 0. The van der Waals surface area contributed by atoms with Crippen molar-refractivity contribution < 1.29 is 9.59 Å². The van der Waals surface area contributed by atoms with E-state index in [0.717, 1.165) is 25.7 Å². The lowest BCUT2D eigenvalue weighted by Gasteiger charge is -2.34. The second kappa shape index (κ2) is 6.69. The van der Waals surface area contributed by atoms with Crippen LogP contribution in [0.25, 0.3) is 0 Å². The van der Waals surface area contributed by atoms with Gasteiger partial charge in [0.15, 0.2) is 0 Å². The Bertz CT molecular complexity index is 564. The first-order chi connectivity index (χ1) is 10.6. The van der Waals surface area contributed by atoms with E-state index >= 15 is 0 Å². The number of likely N-dealkylation sites (tertiary alicyclic amines) is 1. The van der Waals surface area contributed by atoms with Crippen molar-refractivity contribution in [3.63, 3.8) is 0 Å². The monoisotopic (exact) mass is 320 g/mol. The fourth-order valence-corrected chi connectivity index (χ4v) is 3.21. The largest absolute Gasteiger partial charge is 0.353 e. The van der Waals surface area contributed by atoms with Crippen LogP contribution in [0.5, 0.6) is 0 Å². The van der Waals surface area contributed by atoms with Crippen LogP contribution in [-0.4, -0.2) is 35.8 Å². The van der Waals surface area contributed by atoms with Crippen LogP contribution in [0, 0.1) is 5.92 Å². The molecule has 118 valence electrons. The van der Waals surface area contributed by atoms with Gasteiger partial charge in [0.25, 0.3) is 5.91 Å².